The zero-order chi connectivity index (χ0) is 33.6. The first-order valence-electron chi connectivity index (χ1n) is 15.4. The smallest absolute Gasteiger partial charge is 0.410 e. The molecule has 2 fully saturated rings. The molecule has 248 valence electrons. The van der Waals surface area contributed by atoms with Crippen LogP contribution >= 0.6 is 0 Å². The number of likely N-dealkylation sites (tertiary alicyclic amines) is 1. The first kappa shape index (κ1) is 33.3. The Balaban J connectivity index is 1.46. The predicted molar refractivity (Wildman–Crippen MR) is 174 cm³/mol. The summed E-state index contributed by atoms with van der Waals surface area (Å²) >= 11 is 0. The van der Waals surface area contributed by atoms with Gasteiger partial charge in [0.1, 0.15) is 17.0 Å². The van der Waals surface area contributed by atoms with Crippen molar-refractivity contribution < 1.29 is 31.9 Å². The number of nitrogens with zero attached hydrogens (tertiary/aromatic N) is 4. The second-order valence-electron chi connectivity index (χ2n) is 14.0. The second kappa shape index (κ2) is 12.3. The quantitative estimate of drug-likeness (QED) is 0.300. The molecule has 0 saturated carbocycles. The maximum absolute atomic E-state index is 15.1. The third-order valence-electron chi connectivity index (χ3n) is 7.92. The Morgan fingerprint density at radius 1 is 0.913 bits per heavy atom. The van der Waals surface area contributed by atoms with E-state index in [4.69, 9.17) is 9.47 Å². The van der Waals surface area contributed by atoms with Gasteiger partial charge in [-0.1, -0.05) is 18.2 Å². The standard InChI is InChI=1S/C34H43FN4O6S/c1-33(2,3)44-31(40)36(7)19-23-17-30(28-13-8-9-14-29(28)35)38(20-23)46(42,43)27-12-10-11-24(18-27)39-25-15-16-26(39)22-37(21-25)32(41)45-34(4,5)6/h8-14,17-18,20,25-26H,15-16,19,21-22H2,1-7H3. The molecule has 5 rings (SSSR count). The number of hydrogen-bond donors (Lipinski definition) is 0. The summed E-state index contributed by atoms with van der Waals surface area (Å²) in [6.07, 6.45) is 2.24. The zero-order valence-electron chi connectivity index (χ0n) is 27.5. The molecule has 1 aromatic heterocycles. The van der Waals surface area contributed by atoms with E-state index in [1.54, 1.807) is 57.0 Å². The summed E-state index contributed by atoms with van der Waals surface area (Å²) in [4.78, 5) is 30.8. The highest BCUT2D eigenvalue weighted by molar-refractivity contribution is 7.90. The van der Waals surface area contributed by atoms with Crippen LogP contribution in [0.5, 0.6) is 0 Å². The Morgan fingerprint density at radius 2 is 1.54 bits per heavy atom. The number of ether oxygens (including phenoxy) is 2. The van der Waals surface area contributed by atoms with Crippen LogP contribution in [0.25, 0.3) is 11.3 Å². The van der Waals surface area contributed by atoms with Crippen LogP contribution in [0.1, 0.15) is 59.9 Å². The number of fused-ring (bicyclic) bond motifs is 2. The molecule has 46 heavy (non-hydrogen) atoms. The highest BCUT2D eigenvalue weighted by Crippen LogP contribution is 2.37. The van der Waals surface area contributed by atoms with Gasteiger partial charge in [0.15, 0.2) is 0 Å². The van der Waals surface area contributed by atoms with Gasteiger partial charge in [-0.3, -0.25) is 0 Å². The molecule has 2 aliphatic rings. The third-order valence-corrected chi connectivity index (χ3v) is 9.59. The predicted octanol–water partition coefficient (Wildman–Crippen LogP) is 6.49. The average Bonchev–Trinajstić information content (AvgIpc) is 3.49. The fourth-order valence-corrected chi connectivity index (χ4v) is 7.48. The molecule has 3 aromatic rings. The molecule has 12 heteroatoms. The molecule has 0 radical (unpaired) electrons. The summed E-state index contributed by atoms with van der Waals surface area (Å²) in [6.45, 7) is 11.8. The van der Waals surface area contributed by atoms with Gasteiger partial charge in [-0.05, 0) is 96.3 Å². The topological polar surface area (TPSA) is 101 Å². The lowest BCUT2D eigenvalue weighted by molar-refractivity contribution is 0.0208. The van der Waals surface area contributed by atoms with Crippen molar-refractivity contribution in [3.8, 4) is 11.3 Å². The number of amides is 2. The normalized spacial score (nSPS) is 18.4. The number of carbonyl (C=O) groups excluding carboxylic acids is 2. The molecule has 3 heterocycles. The van der Waals surface area contributed by atoms with Gasteiger partial charge in [-0.2, -0.15) is 0 Å². The number of aromatic nitrogens is 1. The molecule has 2 saturated heterocycles. The molecule has 2 bridgehead atoms. The Labute approximate surface area is 270 Å². The van der Waals surface area contributed by atoms with E-state index in [-0.39, 0.29) is 40.9 Å². The number of halogens is 1. The van der Waals surface area contributed by atoms with Crippen LogP contribution in [0, 0.1) is 5.82 Å². The van der Waals surface area contributed by atoms with Crippen LogP contribution in [-0.2, 0) is 26.0 Å². The van der Waals surface area contributed by atoms with Gasteiger partial charge in [-0.15, -0.1) is 0 Å². The van der Waals surface area contributed by atoms with Crippen molar-refractivity contribution >= 4 is 27.9 Å². The monoisotopic (exact) mass is 654 g/mol. The van der Waals surface area contributed by atoms with Crippen molar-refractivity contribution in [1.82, 2.24) is 13.8 Å². The van der Waals surface area contributed by atoms with Crippen LogP contribution < -0.4 is 4.90 Å². The van der Waals surface area contributed by atoms with Gasteiger partial charge >= 0.3 is 12.2 Å². The van der Waals surface area contributed by atoms with Crippen LogP contribution in [0.15, 0.2) is 65.7 Å². The molecule has 2 aromatic carbocycles. The summed E-state index contributed by atoms with van der Waals surface area (Å²) in [5, 5.41) is 0. The van der Waals surface area contributed by atoms with Crippen molar-refractivity contribution in [2.24, 2.45) is 0 Å². The fourth-order valence-electron chi connectivity index (χ4n) is 6.04. The Hall–Kier alpha value is -4.06. The molecule has 2 amide bonds. The minimum absolute atomic E-state index is 0.0137. The highest BCUT2D eigenvalue weighted by atomic mass is 32.2. The number of anilines is 1. The number of carbonyl (C=O) groups is 2. The number of piperazine rings is 1. The number of rotatable bonds is 6. The molecule has 0 N–H and O–H groups in total. The fraction of sp³-hybridized carbons (Fsp3) is 0.471. The maximum Gasteiger partial charge on any atom is 0.410 e. The van der Waals surface area contributed by atoms with Crippen LogP contribution in [0.4, 0.5) is 19.7 Å². The summed E-state index contributed by atoms with van der Waals surface area (Å²) in [5.74, 6) is -0.572. The van der Waals surface area contributed by atoms with Gasteiger partial charge < -0.3 is 24.2 Å². The first-order valence-corrected chi connectivity index (χ1v) is 16.9. The van der Waals surface area contributed by atoms with E-state index in [2.05, 4.69) is 4.90 Å². The van der Waals surface area contributed by atoms with Crippen LogP contribution in [0.3, 0.4) is 0 Å². The number of benzene rings is 2. The molecule has 2 atom stereocenters. The zero-order valence-corrected chi connectivity index (χ0v) is 28.3. The van der Waals surface area contributed by atoms with Gasteiger partial charge in [0.05, 0.1) is 17.1 Å². The van der Waals surface area contributed by atoms with Crippen molar-refractivity contribution in [2.45, 2.75) is 89.1 Å². The minimum atomic E-state index is -4.21. The van der Waals surface area contributed by atoms with Gasteiger partial charge in [-0.25, -0.2) is 26.4 Å². The van der Waals surface area contributed by atoms with Crippen LogP contribution in [-0.4, -0.2) is 77.8 Å². The van der Waals surface area contributed by atoms with E-state index < -0.39 is 33.1 Å². The summed E-state index contributed by atoms with van der Waals surface area (Å²) in [7, 11) is -2.66. The van der Waals surface area contributed by atoms with E-state index in [1.807, 2.05) is 26.8 Å². The average molecular weight is 655 g/mol. The lowest BCUT2D eigenvalue weighted by Crippen LogP contribution is -2.56. The van der Waals surface area contributed by atoms with E-state index in [1.165, 1.54) is 35.4 Å². The lowest BCUT2D eigenvalue weighted by Gasteiger charge is -2.42. The minimum Gasteiger partial charge on any atom is -0.444 e. The SMILES string of the molecule is CN(Cc1cc(-c2ccccc2F)n(S(=O)(=O)c2cccc(N3C4CCC3CN(C(=O)OC(C)(C)C)C4)c2)c1)C(=O)OC(C)(C)C. The van der Waals surface area contributed by atoms with Crippen molar-refractivity contribution in [3.63, 3.8) is 0 Å². The molecule has 0 aliphatic carbocycles. The highest BCUT2D eigenvalue weighted by Gasteiger charge is 2.42. The maximum atomic E-state index is 15.1. The van der Waals surface area contributed by atoms with Crippen molar-refractivity contribution in [1.29, 1.82) is 0 Å². The summed E-state index contributed by atoms with van der Waals surface area (Å²) < 4.78 is 55.8. The Kier molecular flexibility index (Phi) is 8.89. The van der Waals surface area contributed by atoms with E-state index in [0.717, 1.165) is 22.5 Å². The molecule has 0 spiro atoms. The molecule has 2 aliphatic heterocycles. The molecule has 10 nitrogen and oxygen atoms in total. The second-order valence-corrected chi connectivity index (χ2v) is 15.8. The molecular formula is C34H43FN4O6S. The lowest BCUT2D eigenvalue weighted by atomic mass is 10.1. The van der Waals surface area contributed by atoms with E-state index in [9.17, 15) is 18.0 Å². The molecular weight excluding hydrogens is 611 g/mol. The van der Waals surface area contributed by atoms with Crippen molar-refractivity contribution in [2.75, 3.05) is 25.0 Å². The third kappa shape index (κ3) is 7.16. The van der Waals surface area contributed by atoms with Crippen molar-refractivity contribution in [3.05, 3.63) is 72.2 Å². The Morgan fingerprint density at radius 3 is 2.15 bits per heavy atom. The first-order chi connectivity index (χ1) is 21.4. The van der Waals surface area contributed by atoms with Gasteiger partial charge in [0.2, 0.25) is 0 Å². The summed E-state index contributed by atoms with van der Waals surface area (Å²) in [5.41, 5.74) is 0.184. The van der Waals surface area contributed by atoms with Gasteiger partial charge in [0, 0.05) is 49.7 Å². The van der Waals surface area contributed by atoms with Crippen LogP contribution in [0.2, 0.25) is 0 Å². The Bertz CT molecular complexity index is 1710. The van der Waals surface area contributed by atoms with Gasteiger partial charge in [0.25, 0.3) is 10.0 Å². The molecule has 2 unspecified atom stereocenters. The van der Waals surface area contributed by atoms with E-state index in [0.29, 0.717) is 18.7 Å². The number of hydrogen-bond acceptors (Lipinski definition) is 7. The summed E-state index contributed by atoms with van der Waals surface area (Å²) in [6, 6.07) is 14.3. The van der Waals surface area contributed by atoms with E-state index >= 15 is 4.39 Å². The largest absolute Gasteiger partial charge is 0.444 e.